The van der Waals surface area contributed by atoms with Gasteiger partial charge in [0.1, 0.15) is 5.75 Å². The Hall–Kier alpha value is -3.18. The Morgan fingerprint density at radius 3 is 2.48 bits per heavy atom. The fourth-order valence-electron chi connectivity index (χ4n) is 4.53. The van der Waals surface area contributed by atoms with Gasteiger partial charge in [-0.15, -0.1) is 0 Å². The Kier molecular flexibility index (Phi) is 7.40. The summed E-state index contributed by atoms with van der Waals surface area (Å²) >= 11 is 0. The van der Waals surface area contributed by atoms with Crippen molar-refractivity contribution in [3.05, 3.63) is 94.3 Å². The van der Waals surface area contributed by atoms with Crippen molar-refractivity contribution in [3.63, 3.8) is 0 Å². The standard InChI is InChI=1S/C28H33N3O2/c1-20-5-4-6-23(17-20)18-29-28(32)26-12-7-21(2)30-27(26)24-13-15-31(16-14-24)19-22-8-10-25(33-3)11-9-22/h4-12,17,24H,13-16,18-19H2,1-3H3,(H,29,32). The summed E-state index contributed by atoms with van der Waals surface area (Å²) in [6.07, 6.45) is 2.01. The second-order valence-corrected chi connectivity index (χ2v) is 8.96. The molecule has 1 fully saturated rings. The number of hydrogen-bond donors (Lipinski definition) is 1. The van der Waals surface area contributed by atoms with Crippen LogP contribution in [0.4, 0.5) is 0 Å². The molecule has 33 heavy (non-hydrogen) atoms. The highest BCUT2D eigenvalue weighted by molar-refractivity contribution is 5.95. The normalized spacial score (nSPS) is 14.8. The SMILES string of the molecule is COc1ccc(CN2CCC(c3nc(C)ccc3C(=O)NCc3cccc(C)c3)CC2)cc1. The molecule has 0 radical (unpaired) electrons. The summed E-state index contributed by atoms with van der Waals surface area (Å²) in [5.74, 6) is 1.15. The van der Waals surface area contributed by atoms with E-state index in [1.165, 1.54) is 11.1 Å². The smallest absolute Gasteiger partial charge is 0.253 e. The number of ether oxygens (including phenoxy) is 1. The van der Waals surface area contributed by atoms with E-state index in [0.29, 0.717) is 18.0 Å². The maximum atomic E-state index is 13.1. The molecule has 1 N–H and O–H groups in total. The summed E-state index contributed by atoms with van der Waals surface area (Å²) in [5.41, 5.74) is 6.21. The van der Waals surface area contributed by atoms with Gasteiger partial charge in [-0.1, -0.05) is 42.0 Å². The van der Waals surface area contributed by atoms with Gasteiger partial charge < -0.3 is 10.1 Å². The van der Waals surface area contributed by atoms with Gasteiger partial charge in [-0.05, 0) is 75.2 Å². The molecule has 0 atom stereocenters. The third kappa shape index (κ3) is 5.99. The molecule has 1 aromatic heterocycles. The van der Waals surface area contributed by atoms with Crippen LogP contribution in [0, 0.1) is 13.8 Å². The van der Waals surface area contributed by atoms with Gasteiger partial charge in [0, 0.05) is 24.7 Å². The first-order valence-corrected chi connectivity index (χ1v) is 11.7. The van der Waals surface area contributed by atoms with Gasteiger partial charge >= 0.3 is 0 Å². The molecule has 0 spiro atoms. The minimum Gasteiger partial charge on any atom is -0.497 e. The minimum atomic E-state index is -0.0420. The number of likely N-dealkylation sites (tertiary alicyclic amines) is 1. The van der Waals surface area contributed by atoms with Crippen LogP contribution in [0.2, 0.25) is 0 Å². The van der Waals surface area contributed by atoms with Crippen LogP contribution in [0.5, 0.6) is 5.75 Å². The summed E-state index contributed by atoms with van der Waals surface area (Å²) in [6, 6.07) is 20.4. The molecule has 0 unspecified atom stereocenters. The van der Waals surface area contributed by atoms with Gasteiger partial charge in [0.25, 0.3) is 5.91 Å². The Labute approximate surface area is 196 Å². The van der Waals surface area contributed by atoms with Gasteiger partial charge in [0.2, 0.25) is 0 Å². The Balaban J connectivity index is 1.39. The number of piperidine rings is 1. The molecular formula is C28H33N3O2. The van der Waals surface area contributed by atoms with E-state index in [4.69, 9.17) is 9.72 Å². The van der Waals surface area contributed by atoms with E-state index in [0.717, 1.165) is 55.2 Å². The molecule has 1 aliphatic rings. The highest BCUT2D eigenvalue weighted by Crippen LogP contribution is 2.30. The number of benzene rings is 2. The van der Waals surface area contributed by atoms with Crippen LogP contribution in [0.1, 0.15) is 57.2 Å². The Morgan fingerprint density at radius 2 is 1.79 bits per heavy atom. The second kappa shape index (κ2) is 10.6. The quantitative estimate of drug-likeness (QED) is 0.557. The van der Waals surface area contributed by atoms with Crippen LogP contribution in [-0.4, -0.2) is 36.0 Å². The lowest BCUT2D eigenvalue weighted by molar-refractivity contribution is 0.0948. The maximum absolute atomic E-state index is 13.1. The number of carbonyl (C=O) groups is 1. The maximum Gasteiger partial charge on any atom is 0.253 e. The van der Waals surface area contributed by atoms with Crippen molar-refractivity contribution in [1.82, 2.24) is 15.2 Å². The van der Waals surface area contributed by atoms with E-state index in [-0.39, 0.29) is 5.91 Å². The molecular weight excluding hydrogens is 410 g/mol. The van der Waals surface area contributed by atoms with Gasteiger partial charge in [-0.2, -0.15) is 0 Å². The monoisotopic (exact) mass is 443 g/mol. The molecule has 4 rings (SSSR count). The molecule has 1 amide bonds. The highest BCUT2D eigenvalue weighted by Gasteiger charge is 2.26. The van der Waals surface area contributed by atoms with Crippen LogP contribution in [-0.2, 0) is 13.1 Å². The number of nitrogens with one attached hydrogen (secondary N) is 1. The molecule has 1 saturated heterocycles. The first-order chi connectivity index (χ1) is 16.0. The summed E-state index contributed by atoms with van der Waals surface area (Å²) in [7, 11) is 1.69. The predicted octanol–water partition coefficient (Wildman–Crippen LogP) is 5.02. The zero-order valence-electron chi connectivity index (χ0n) is 19.8. The first kappa shape index (κ1) is 23.0. The third-order valence-corrected chi connectivity index (χ3v) is 6.38. The van der Waals surface area contributed by atoms with Crippen molar-refractivity contribution in [3.8, 4) is 5.75 Å². The van der Waals surface area contributed by atoms with Crippen LogP contribution in [0.25, 0.3) is 0 Å². The minimum absolute atomic E-state index is 0.0420. The van der Waals surface area contributed by atoms with E-state index in [2.05, 4.69) is 41.4 Å². The molecule has 1 aliphatic heterocycles. The number of amides is 1. The van der Waals surface area contributed by atoms with Gasteiger partial charge in [0.05, 0.1) is 18.4 Å². The number of aromatic nitrogens is 1. The third-order valence-electron chi connectivity index (χ3n) is 6.38. The average molecular weight is 444 g/mol. The van der Waals surface area contributed by atoms with E-state index in [1.807, 2.05) is 43.3 Å². The number of hydrogen-bond acceptors (Lipinski definition) is 4. The number of rotatable bonds is 7. The van der Waals surface area contributed by atoms with E-state index in [9.17, 15) is 4.79 Å². The number of nitrogens with zero attached hydrogens (tertiary/aromatic N) is 2. The summed E-state index contributed by atoms with van der Waals surface area (Å²) in [4.78, 5) is 20.4. The molecule has 2 heterocycles. The lowest BCUT2D eigenvalue weighted by Gasteiger charge is -2.32. The van der Waals surface area contributed by atoms with Gasteiger partial charge in [-0.3, -0.25) is 14.7 Å². The van der Waals surface area contributed by atoms with E-state index in [1.54, 1.807) is 7.11 Å². The van der Waals surface area contributed by atoms with Gasteiger partial charge in [-0.25, -0.2) is 0 Å². The second-order valence-electron chi connectivity index (χ2n) is 8.96. The molecule has 2 aromatic carbocycles. The molecule has 172 valence electrons. The summed E-state index contributed by atoms with van der Waals surface area (Å²) in [6.45, 7) is 7.51. The zero-order valence-corrected chi connectivity index (χ0v) is 19.8. The molecule has 0 aliphatic carbocycles. The van der Waals surface area contributed by atoms with Crippen molar-refractivity contribution < 1.29 is 9.53 Å². The van der Waals surface area contributed by atoms with Crippen LogP contribution in [0.3, 0.4) is 0 Å². The topological polar surface area (TPSA) is 54.5 Å². The Morgan fingerprint density at radius 1 is 1.03 bits per heavy atom. The Bertz CT molecular complexity index is 1090. The lowest BCUT2D eigenvalue weighted by Crippen LogP contribution is -2.34. The van der Waals surface area contributed by atoms with Crippen LogP contribution in [0.15, 0.2) is 60.7 Å². The zero-order chi connectivity index (χ0) is 23.2. The number of pyridine rings is 1. The van der Waals surface area contributed by atoms with Crippen LogP contribution >= 0.6 is 0 Å². The van der Waals surface area contributed by atoms with Crippen molar-refractivity contribution >= 4 is 5.91 Å². The lowest BCUT2D eigenvalue weighted by atomic mass is 9.89. The van der Waals surface area contributed by atoms with E-state index >= 15 is 0 Å². The van der Waals surface area contributed by atoms with Crippen molar-refractivity contribution in [2.24, 2.45) is 0 Å². The number of aryl methyl sites for hydroxylation is 2. The fourth-order valence-corrected chi connectivity index (χ4v) is 4.53. The molecule has 5 nitrogen and oxygen atoms in total. The highest BCUT2D eigenvalue weighted by atomic mass is 16.5. The molecule has 3 aromatic rings. The number of carbonyl (C=O) groups excluding carboxylic acids is 1. The summed E-state index contributed by atoms with van der Waals surface area (Å²) in [5, 5.41) is 3.09. The van der Waals surface area contributed by atoms with Crippen molar-refractivity contribution in [2.45, 2.75) is 45.7 Å². The fraction of sp³-hybridized carbons (Fsp3) is 0.357. The largest absolute Gasteiger partial charge is 0.497 e. The summed E-state index contributed by atoms with van der Waals surface area (Å²) < 4.78 is 5.26. The number of methoxy groups -OCH3 is 1. The van der Waals surface area contributed by atoms with Crippen molar-refractivity contribution in [1.29, 1.82) is 0 Å². The average Bonchev–Trinajstić information content (AvgIpc) is 2.83. The first-order valence-electron chi connectivity index (χ1n) is 11.7. The molecule has 0 bridgehead atoms. The van der Waals surface area contributed by atoms with Gasteiger partial charge in [0.15, 0.2) is 0 Å². The van der Waals surface area contributed by atoms with Crippen molar-refractivity contribution in [2.75, 3.05) is 20.2 Å². The van der Waals surface area contributed by atoms with Crippen LogP contribution < -0.4 is 10.1 Å². The molecule has 0 saturated carbocycles. The predicted molar refractivity (Wildman–Crippen MR) is 132 cm³/mol. The van der Waals surface area contributed by atoms with E-state index < -0.39 is 0 Å². The molecule has 5 heteroatoms.